The minimum absolute atomic E-state index is 0.00459. The first-order chi connectivity index (χ1) is 8.22. The molecule has 0 aromatic carbocycles. The number of hydrogen-bond acceptors (Lipinski definition) is 2. The van der Waals surface area contributed by atoms with Crippen LogP contribution >= 0.6 is 0 Å². The predicted molar refractivity (Wildman–Crippen MR) is 76.1 cm³/mol. The highest BCUT2D eigenvalue weighted by molar-refractivity contribution is 4.71. The zero-order chi connectivity index (χ0) is 12.9. The average Bonchev–Trinajstić information content (AvgIpc) is 2.34. The van der Waals surface area contributed by atoms with Gasteiger partial charge in [0.1, 0.15) is 0 Å². The highest BCUT2D eigenvalue weighted by atomic mass is 16.3. The van der Waals surface area contributed by atoms with Gasteiger partial charge in [-0.1, -0.05) is 71.6 Å². The number of aliphatic hydroxyl groups excluding tert-OH is 1. The Labute approximate surface area is 108 Å². The first kappa shape index (κ1) is 16.9. The van der Waals surface area contributed by atoms with Crippen LogP contribution in [0.15, 0.2) is 0 Å². The van der Waals surface area contributed by atoms with Gasteiger partial charge in [-0.05, 0) is 12.8 Å². The van der Waals surface area contributed by atoms with Crippen LogP contribution in [-0.4, -0.2) is 17.3 Å². The van der Waals surface area contributed by atoms with Crippen molar-refractivity contribution in [3.63, 3.8) is 0 Å². The van der Waals surface area contributed by atoms with E-state index in [0.29, 0.717) is 0 Å². The molecule has 0 fully saturated rings. The van der Waals surface area contributed by atoms with E-state index in [0.717, 1.165) is 32.1 Å². The number of hydrogen-bond donors (Lipinski definition) is 2. The molecule has 2 atom stereocenters. The van der Waals surface area contributed by atoms with Crippen LogP contribution in [0.5, 0.6) is 0 Å². The monoisotopic (exact) mass is 243 g/mol. The predicted octanol–water partition coefficient (Wildman–Crippen LogP) is 4.01. The second-order valence-corrected chi connectivity index (χ2v) is 5.28. The van der Waals surface area contributed by atoms with Crippen molar-refractivity contribution in [1.29, 1.82) is 0 Å². The first-order valence-corrected chi connectivity index (χ1v) is 7.66. The molecule has 0 aromatic rings. The molecule has 0 saturated carbocycles. The van der Waals surface area contributed by atoms with Crippen molar-refractivity contribution in [2.45, 2.75) is 96.6 Å². The number of aliphatic hydroxyl groups is 1. The standard InChI is InChI=1S/C15H33NO/c1-3-5-7-8-9-10-11-13-15(17)14(16)12-6-4-2/h14-15,17H,3-13,16H2,1-2H3. The summed E-state index contributed by atoms with van der Waals surface area (Å²) in [6.07, 6.45) is 13.0. The van der Waals surface area contributed by atoms with Crippen LogP contribution in [-0.2, 0) is 0 Å². The van der Waals surface area contributed by atoms with Gasteiger partial charge >= 0.3 is 0 Å². The molecule has 2 heteroatoms. The lowest BCUT2D eigenvalue weighted by Crippen LogP contribution is -2.34. The number of rotatable bonds is 12. The van der Waals surface area contributed by atoms with Crippen LogP contribution in [0, 0.1) is 0 Å². The van der Waals surface area contributed by atoms with E-state index in [1.54, 1.807) is 0 Å². The summed E-state index contributed by atoms with van der Waals surface area (Å²) in [5, 5.41) is 9.86. The molecule has 2 unspecified atom stereocenters. The van der Waals surface area contributed by atoms with Gasteiger partial charge in [0.25, 0.3) is 0 Å². The maximum atomic E-state index is 9.86. The third-order valence-corrected chi connectivity index (χ3v) is 3.49. The summed E-state index contributed by atoms with van der Waals surface area (Å²) in [4.78, 5) is 0. The van der Waals surface area contributed by atoms with Gasteiger partial charge in [0, 0.05) is 6.04 Å². The van der Waals surface area contributed by atoms with Crippen molar-refractivity contribution >= 4 is 0 Å². The minimum atomic E-state index is -0.280. The van der Waals surface area contributed by atoms with E-state index in [1.807, 2.05) is 0 Å². The molecule has 3 N–H and O–H groups in total. The molecular weight excluding hydrogens is 210 g/mol. The maximum Gasteiger partial charge on any atom is 0.0691 e. The average molecular weight is 243 g/mol. The highest BCUT2D eigenvalue weighted by Crippen LogP contribution is 2.12. The molecule has 0 aromatic heterocycles. The van der Waals surface area contributed by atoms with E-state index < -0.39 is 0 Å². The molecule has 0 radical (unpaired) electrons. The molecule has 0 bridgehead atoms. The molecule has 0 aliphatic carbocycles. The van der Waals surface area contributed by atoms with Gasteiger partial charge in [0.2, 0.25) is 0 Å². The quantitative estimate of drug-likeness (QED) is 0.509. The topological polar surface area (TPSA) is 46.2 Å². The van der Waals surface area contributed by atoms with E-state index in [-0.39, 0.29) is 12.1 Å². The van der Waals surface area contributed by atoms with Gasteiger partial charge in [-0.2, -0.15) is 0 Å². The molecular formula is C15H33NO. The van der Waals surface area contributed by atoms with Crippen molar-refractivity contribution in [2.24, 2.45) is 5.73 Å². The van der Waals surface area contributed by atoms with E-state index >= 15 is 0 Å². The molecule has 2 nitrogen and oxygen atoms in total. The van der Waals surface area contributed by atoms with Crippen molar-refractivity contribution in [3.05, 3.63) is 0 Å². The Bertz CT molecular complexity index is 150. The smallest absolute Gasteiger partial charge is 0.0691 e. The van der Waals surface area contributed by atoms with Crippen molar-refractivity contribution in [1.82, 2.24) is 0 Å². The Morgan fingerprint density at radius 3 is 1.88 bits per heavy atom. The molecule has 17 heavy (non-hydrogen) atoms. The van der Waals surface area contributed by atoms with E-state index in [1.165, 1.54) is 38.5 Å². The lowest BCUT2D eigenvalue weighted by Gasteiger charge is -2.18. The largest absolute Gasteiger partial charge is 0.392 e. The fourth-order valence-corrected chi connectivity index (χ4v) is 2.16. The third-order valence-electron chi connectivity index (χ3n) is 3.49. The summed E-state index contributed by atoms with van der Waals surface area (Å²) < 4.78 is 0. The fraction of sp³-hybridized carbons (Fsp3) is 1.00. The number of unbranched alkanes of at least 4 members (excludes halogenated alkanes) is 7. The van der Waals surface area contributed by atoms with Crippen LogP contribution in [0.25, 0.3) is 0 Å². The van der Waals surface area contributed by atoms with Crippen LogP contribution in [0.4, 0.5) is 0 Å². The summed E-state index contributed by atoms with van der Waals surface area (Å²) in [5.74, 6) is 0. The summed E-state index contributed by atoms with van der Waals surface area (Å²) in [7, 11) is 0. The van der Waals surface area contributed by atoms with Gasteiger partial charge in [-0.25, -0.2) is 0 Å². The molecule has 104 valence electrons. The van der Waals surface area contributed by atoms with Gasteiger partial charge in [0.15, 0.2) is 0 Å². The van der Waals surface area contributed by atoms with Crippen LogP contribution in [0.1, 0.15) is 84.5 Å². The van der Waals surface area contributed by atoms with Gasteiger partial charge in [-0.15, -0.1) is 0 Å². The molecule has 0 aliphatic rings. The van der Waals surface area contributed by atoms with Gasteiger partial charge in [0.05, 0.1) is 6.10 Å². The SMILES string of the molecule is CCCCCCCCCC(O)C(N)CCCC. The molecule has 0 rings (SSSR count). The van der Waals surface area contributed by atoms with E-state index in [4.69, 9.17) is 5.73 Å². The van der Waals surface area contributed by atoms with Crippen LogP contribution in [0.3, 0.4) is 0 Å². The lowest BCUT2D eigenvalue weighted by molar-refractivity contribution is 0.126. The Hall–Kier alpha value is -0.0800. The second-order valence-electron chi connectivity index (χ2n) is 5.28. The van der Waals surface area contributed by atoms with Crippen molar-refractivity contribution < 1.29 is 5.11 Å². The van der Waals surface area contributed by atoms with Gasteiger partial charge < -0.3 is 10.8 Å². The maximum absolute atomic E-state index is 9.86. The van der Waals surface area contributed by atoms with Gasteiger partial charge in [-0.3, -0.25) is 0 Å². The minimum Gasteiger partial charge on any atom is -0.392 e. The molecule has 0 aliphatic heterocycles. The number of nitrogens with two attached hydrogens (primary N) is 1. The second kappa shape index (κ2) is 12.4. The molecule has 0 amide bonds. The highest BCUT2D eigenvalue weighted by Gasteiger charge is 2.13. The molecule has 0 saturated heterocycles. The molecule has 0 heterocycles. The van der Waals surface area contributed by atoms with E-state index in [2.05, 4.69) is 13.8 Å². The van der Waals surface area contributed by atoms with Crippen LogP contribution in [0.2, 0.25) is 0 Å². The fourth-order valence-electron chi connectivity index (χ4n) is 2.16. The zero-order valence-electron chi connectivity index (χ0n) is 12.0. The molecule has 0 spiro atoms. The van der Waals surface area contributed by atoms with E-state index in [9.17, 15) is 5.11 Å². The summed E-state index contributed by atoms with van der Waals surface area (Å²) >= 11 is 0. The Kier molecular flexibility index (Phi) is 12.3. The van der Waals surface area contributed by atoms with Crippen molar-refractivity contribution in [3.8, 4) is 0 Å². The normalized spacial score (nSPS) is 14.8. The zero-order valence-corrected chi connectivity index (χ0v) is 12.0. The lowest BCUT2D eigenvalue weighted by atomic mass is 9.99. The van der Waals surface area contributed by atoms with Crippen molar-refractivity contribution in [2.75, 3.05) is 0 Å². The van der Waals surface area contributed by atoms with Crippen LogP contribution < -0.4 is 5.73 Å². The Morgan fingerprint density at radius 1 is 0.765 bits per heavy atom. The summed E-state index contributed by atoms with van der Waals surface area (Å²) in [6.45, 7) is 4.41. The first-order valence-electron chi connectivity index (χ1n) is 7.66. The summed E-state index contributed by atoms with van der Waals surface area (Å²) in [5.41, 5.74) is 5.93. The Morgan fingerprint density at radius 2 is 1.29 bits per heavy atom. The summed E-state index contributed by atoms with van der Waals surface area (Å²) in [6, 6.07) is -0.00459. The third kappa shape index (κ3) is 10.8. The Balaban J connectivity index is 3.28.